The molecule has 22 heavy (non-hydrogen) atoms. The first kappa shape index (κ1) is 15.7. The van der Waals surface area contributed by atoms with Crippen LogP contribution in [0, 0.1) is 0 Å². The summed E-state index contributed by atoms with van der Waals surface area (Å²) < 4.78 is 10.6. The summed E-state index contributed by atoms with van der Waals surface area (Å²) in [5, 5.41) is 6.07. The average Bonchev–Trinajstić information content (AvgIpc) is 2.53. The first-order chi connectivity index (χ1) is 10.6. The largest absolute Gasteiger partial charge is 0.497 e. The Kier molecular flexibility index (Phi) is 5.25. The Morgan fingerprint density at radius 2 is 1.77 bits per heavy atom. The summed E-state index contributed by atoms with van der Waals surface area (Å²) in [6.07, 6.45) is 0. The van der Waals surface area contributed by atoms with Crippen molar-refractivity contribution in [3.8, 4) is 11.5 Å². The van der Waals surface area contributed by atoms with Crippen molar-refractivity contribution in [3.63, 3.8) is 0 Å². The topological polar surface area (TPSA) is 59.6 Å². The van der Waals surface area contributed by atoms with E-state index in [4.69, 9.17) is 9.47 Å². The summed E-state index contributed by atoms with van der Waals surface area (Å²) in [6.45, 7) is 2.13. The van der Waals surface area contributed by atoms with Gasteiger partial charge in [-0.2, -0.15) is 0 Å². The highest BCUT2D eigenvalue weighted by Crippen LogP contribution is 2.29. The Hall–Kier alpha value is -2.69. The molecule has 0 saturated heterocycles. The van der Waals surface area contributed by atoms with Gasteiger partial charge >= 0.3 is 0 Å². The molecule has 5 nitrogen and oxygen atoms in total. The fourth-order valence-electron chi connectivity index (χ4n) is 2.06. The second-order valence-electron chi connectivity index (χ2n) is 4.80. The van der Waals surface area contributed by atoms with Crippen molar-refractivity contribution >= 4 is 17.3 Å². The molecular formula is C17H20N2O3. The smallest absolute Gasteiger partial charge is 0.221 e. The quantitative estimate of drug-likeness (QED) is 0.859. The summed E-state index contributed by atoms with van der Waals surface area (Å²) in [6, 6.07) is 13.3. The van der Waals surface area contributed by atoms with Crippen molar-refractivity contribution in [2.45, 2.75) is 13.5 Å². The van der Waals surface area contributed by atoms with Crippen molar-refractivity contribution in [1.29, 1.82) is 0 Å². The molecule has 2 rings (SSSR count). The molecule has 0 saturated carbocycles. The number of hydrogen-bond acceptors (Lipinski definition) is 4. The van der Waals surface area contributed by atoms with Gasteiger partial charge in [0.1, 0.15) is 11.5 Å². The number of hydrogen-bond donors (Lipinski definition) is 2. The minimum Gasteiger partial charge on any atom is -0.497 e. The van der Waals surface area contributed by atoms with Crippen LogP contribution in [0.2, 0.25) is 0 Å². The Bertz CT molecular complexity index is 639. The van der Waals surface area contributed by atoms with Gasteiger partial charge in [-0.1, -0.05) is 12.1 Å². The molecule has 0 fully saturated rings. The fraction of sp³-hybridized carbons (Fsp3) is 0.235. The van der Waals surface area contributed by atoms with Crippen LogP contribution in [-0.4, -0.2) is 20.1 Å². The number of carbonyl (C=O) groups is 1. The zero-order valence-corrected chi connectivity index (χ0v) is 13.0. The lowest BCUT2D eigenvalue weighted by molar-refractivity contribution is -0.114. The summed E-state index contributed by atoms with van der Waals surface area (Å²) in [5.74, 6) is 1.45. The minimum absolute atomic E-state index is 0.0769. The first-order valence-electron chi connectivity index (χ1n) is 6.95. The minimum atomic E-state index is -0.0769. The molecule has 0 aromatic heterocycles. The molecule has 2 N–H and O–H groups in total. The fourth-order valence-corrected chi connectivity index (χ4v) is 2.06. The Morgan fingerprint density at radius 1 is 1.05 bits per heavy atom. The number of carbonyl (C=O) groups excluding carboxylic acids is 1. The van der Waals surface area contributed by atoms with Gasteiger partial charge < -0.3 is 20.1 Å². The van der Waals surface area contributed by atoms with E-state index < -0.39 is 0 Å². The Balaban J connectivity index is 2.04. The van der Waals surface area contributed by atoms with Crippen LogP contribution in [0.15, 0.2) is 42.5 Å². The zero-order valence-electron chi connectivity index (χ0n) is 13.0. The second-order valence-corrected chi connectivity index (χ2v) is 4.80. The molecule has 1 amide bonds. The van der Waals surface area contributed by atoms with Crippen LogP contribution in [-0.2, 0) is 11.3 Å². The van der Waals surface area contributed by atoms with Crippen molar-refractivity contribution < 1.29 is 14.3 Å². The van der Waals surface area contributed by atoms with Crippen molar-refractivity contribution in [2.75, 3.05) is 24.9 Å². The number of amides is 1. The highest BCUT2D eigenvalue weighted by molar-refractivity contribution is 5.88. The lowest BCUT2D eigenvalue weighted by Gasteiger charge is -2.13. The van der Waals surface area contributed by atoms with E-state index in [-0.39, 0.29) is 5.91 Å². The zero-order chi connectivity index (χ0) is 15.9. The van der Waals surface area contributed by atoms with Gasteiger partial charge in [-0.25, -0.2) is 0 Å². The number of nitrogens with one attached hydrogen (secondary N) is 2. The maximum absolute atomic E-state index is 11.0. The highest BCUT2D eigenvalue weighted by atomic mass is 16.5. The highest BCUT2D eigenvalue weighted by Gasteiger charge is 2.05. The molecule has 0 heterocycles. The number of rotatable bonds is 6. The van der Waals surface area contributed by atoms with E-state index in [1.807, 2.05) is 42.5 Å². The average molecular weight is 300 g/mol. The van der Waals surface area contributed by atoms with Crippen LogP contribution >= 0.6 is 0 Å². The van der Waals surface area contributed by atoms with E-state index in [0.29, 0.717) is 6.54 Å². The number of methoxy groups -OCH3 is 2. The molecule has 2 aromatic carbocycles. The third-order valence-corrected chi connectivity index (χ3v) is 3.16. The summed E-state index contributed by atoms with van der Waals surface area (Å²) >= 11 is 0. The van der Waals surface area contributed by atoms with E-state index in [1.54, 1.807) is 14.2 Å². The molecule has 2 aromatic rings. The van der Waals surface area contributed by atoms with Gasteiger partial charge in [-0.05, 0) is 29.8 Å². The van der Waals surface area contributed by atoms with E-state index in [2.05, 4.69) is 10.6 Å². The van der Waals surface area contributed by atoms with Crippen LogP contribution < -0.4 is 20.1 Å². The van der Waals surface area contributed by atoms with Crippen molar-refractivity contribution in [2.24, 2.45) is 0 Å². The standard InChI is InChI=1S/C17H20N2O3/c1-12(20)19-14-6-4-13(5-7-14)11-18-16-10-15(21-2)8-9-17(16)22-3/h4-10,18H,11H2,1-3H3,(H,19,20). The molecule has 0 unspecified atom stereocenters. The van der Waals surface area contributed by atoms with E-state index in [9.17, 15) is 4.79 Å². The predicted molar refractivity (Wildman–Crippen MR) is 87.6 cm³/mol. The lowest BCUT2D eigenvalue weighted by Crippen LogP contribution is -2.06. The van der Waals surface area contributed by atoms with Gasteiger partial charge in [0, 0.05) is 25.2 Å². The molecule has 0 aliphatic heterocycles. The van der Waals surface area contributed by atoms with Crippen LogP contribution in [0.1, 0.15) is 12.5 Å². The second kappa shape index (κ2) is 7.36. The summed E-state index contributed by atoms with van der Waals surface area (Å²) in [5.41, 5.74) is 2.75. The lowest BCUT2D eigenvalue weighted by atomic mass is 10.2. The molecule has 0 spiro atoms. The maximum atomic E-state index is 11.0. The normalized spacial score (nSPS) is 9.95. The third kappa shape index (κ3) is 4.15. The van der Waals surface area contributed by atoms with Crippen LogP contribution in [0.4, 0.5) is 11.4 Å². The van der Waals surface area contributed by atoms with Gasteiger partial charge in [0.05, 0.1) is 19.9 Å². The van der Waals surface area contributed by atoms with Gasteiger partial charge in [0.15, 0.2) is 0 Å². The SMILES string of the molecule is COc1ccc(OC)c(NCc2ccc(NC(C)=O)cc2)c1. The van der Waals surface area contributed by atoms with Gasteiger partial charge in [0.25, 0.3) is 0 Å². The van der Waals surface area contributed by atoms with Gasteiger partial charge in [0.2, 0.25) is 5.91 Å². The molecule has 0 aliphatic rings. The van der Waals surface area contributed by atoms with Crippen LogP contribution in [0.25, 0.3) is 0 Å². The van der Waals surface area contributed by atoms with E-state index >= 15 is 0 Å². The number of anilines is 2. The Morgan fingerprint density at radius 3 is 2.36 bits per heavy atom. The van der Waals surface area contributed by atoms with Crippen molar-refractivity contribution in [1.82, 2.24) is 0 Å². The van der Waals surface area contributed by atoms with Crippen molar-refractivity contribution in [3.05, 3.63) is 48.0 Å². The molecule has 0 radical (unpaired) electrons. The molecular weight excluding hydrogens is 280 g/mol. The molecule has 0 aliphatic carbocycles. The molecule has 0 bridgehead atoms. The molecule has 0 atom stereocenters. The van der Waals surface area contributed by atoms with E-state index in [1.165, 1.54) is 6.92 Å². The monoisotopic (exact) mass is 300 g/mol. The van der Waals surface area contributed by atoms with E-state index in [0.717, 1.165) is 28.4 Å². The summed E-state index contributed by atoms with van der Waals surface area (Å²) in [4.78, 5) is 11.0. The number of benzene rings is 2. The van der Waals surface area contributed by atoms with Crippen LogP contribution in [0.3, 0.4) is 0 Å². The van der Waals surface area contributed by atoms with Gasteiger partial charge in [-0.15, -0.1) is 0 Å². The third-order valence-electron chi connectivity index (χ3n) is 3.16. The summed E-state index contributed by atoms with van der Waals surface area (Å²) in [7, 11) is 3.27. The maximum Gasteiger partial charge on any atom is 0.221 e. The Labute approximate surface area is 130 Å². The molecule has 5 heteroatoms. The van der Waals surface area contributed by atoms with Gasteiger partial charge in [-0.3, -0.25) is 4.79 Å². The first-order valence-corrected chi connectivity index (χ1v) is 6.95. The number of ether oxygens (including phenoxy) is 2. The molecule has 116 valence electrons. The van der Waals surface area contributed by atoms with Crippen LogP contribution in [0.5, 0.6) is 11.5 Å². The predicted octanol–water partition coefficient (Wildman–Crippen LogP) is 3.27.